The number of hydrogen-bond donors (Lipinski definition) is 1. The Morgan fingerprint density at radius 2 is 1.72 bits per heavy atom. The highest BCUT2D eigenvalue weighted by molar-refractivity contribution is 7.99. The largest absolute Gasteiger partial charge is 0.497 e. The average Bonchev–Trinajstić information content (AvgIpc) is 2.80. The van der Waals surface area contributed by atoms with Crippen LogP contribution in [0.4, 0.5) is 0 Å². The Labute approximate surface area is 200 Å². The van der Waals surface area contributed by atoms with Crippen molar-refractivity contribution in [2.75, 3.05) is 19.4 Å². The summed E-state index contributed by atoms with van der Waals surface area (Å²) in [6.45, 7) is 5.02. The van der Waals surface area contributed by atoms with E-state index in [1.165, 1.54) is 0 Å². The summed E-state index contributed by atoms with van der Waals surface area (Å²) in [4.78, 5) is 27.8. The van der Waals surface area contributed by atoms with Crippen LogP contribution >= 0.6 is 23.4 Å². The van der Waals surface area contributed by atoms with Gasteiger partial charge in [0.15, 0.2) is 0 Å². The molecule has 32 heavy (non-hydrogen) atoms. The van der Waals surface area contributed by atoms with Gasteiger partial charge >= 0.3 is 0 Å². The summed E-state index contributed by atoms with van der Waals surface area (Å²) < 4.78 is 5.19. The number of amides is 2. The molecule has 1 atom stereocenters. The molecule has 0 saturated heterocycles. The maximum Gasteiger partial charge on any atom is 0.242 e. The molecule has 0 aliphatic heterocycles. The predicted octanol–water partition coefficient (Wildman–Crippen LogP) is 5.31. The SMILES string of the molecule is CCCCNC(=O)C(CC)N(Cc1ccc(Cl)cc1)C(=O)CSCc1ccc(OC)cc1. The maximum atomic E-state index is 13.2. The zero-order valence-corrected chi connectivity index (χ0v) is 20.7. The maximum absolute atomic E-state index is 13.2. The minimum Gasteiger partial charge on any atom is -0.497 e. The second-order valence-corrected chi connectivity index (χ2v) is 8.98. The van der Waals surface area contributed by atoms with Gasteiger partial charge in [-0.2, -0.15) is 0 Å². The van der Waals surface area contributed by atoms with Crippen molar-refractivity contribution >= 4 is 35.2 Å². The van der Waals surface area contributed by atoms with Crippen molar-refractivity contribution in [3.8, 4) is 5.75 Å². The minimum atomic E-state index is -0.503. The van der Waals surface area contributed by atoms with Crippen molar-refractivity contribution in [3.63, 3.8) is 0 Å². The molecule has 2 rings (SSSR count). The standard InChI is InChI=1S/C25H33ClN2O3S/c1-4-6-15-27-25(30)23(5-2)28(16-19-7-11-21(26)12-8-19)24(29)18-32-17-20-9-13-22(31-3)14-10-20/h7-14,23H,4-6,15-18H2,1-3H3,(H,27,30). The molecule has 0 heterocycles. The average molecular weight is 477 g/mol. The fraction of sp³-hybridized carbons (Fsp3) is 0.440. The number of rotatable bonds is 13. The first-order valence-corrected chi connectivity index (χ1v) is 12.5. The van der Waals surface area contributed by atoms with Crippen LogP contribution < -0.4 is 10.1 Å². The van der Waals surface area contributed by atoms with Crippen LogP contribution in [0.1, 0.15) is 44.2 Å². The highest BCUT2D eigenvalue weighted by Crippen LogP contribution is 2.20. The van der Waals surface area contributed by atoms with Crippen LogP contribution in [-0.4, -0.2) is 42.2 Å². The molecule has 0 aliphatic carbocycles. The molecule has 174 valence electrons. The number of methoxy groups -OCH3 is 1. The normalized spacial score (nSPS) is 11.6. The number of benzene rings is 2. The van der Waals surface area contributed by atoms with E-state index in [2.05, 4.69) is 12.2 Å². The lowest BCUT2D eigenvalue weighted by molar-refractivity contribution is -0.139. The number of nitrogens with one attached hydrogen (secondary N) is 1. The van der Waals surface area contributed by atoms with Crippen molar-refractivity contribution in [3.05, 3.63) is 64.7 Å². The molecule has 1 N–H and O–H groups in total. The molecule has 0 aliphatic rings. The molecular formula is C25H33ClN2O3S. The van der Waals surface area contributed by atoms with Crippen LogP contribution in [0.25, 0.3) is 0 Å². The fourth-order valence-corrected chi connectivity index (χ4v) is 4.27. The van der Waals surface area contributed by atoms with Gasteiger partial charge < -0.3 is 15.0 Å². The first-order valence-electron chi connectivity index (χ1n) is 11.0. The monoisotopic (exact) mass is 476 g/mol. The summed E-state index contributed by atoms with van der Waals surface area (Å²) >= 11 is 7.56. The van der Waals surface area contributed by atoms with Gasteiger partial charge in [-0.25, -0.2) is 0 Å². The van der Waals surface area contributed by atoms with Crippen molar-refractivity contribution in [2.45, 2.75) is 51.4 Å². The summed E-state index contributed by atoms with van der Waals surface area (Å²) in [7, 11) is 1.64. The van der Waals surface area contributed by atoms with Gasteiger partial charge in [0.05, 0.1) is 12.9 Å². The van der Waals surface area contributed by atoms with Crippen molar-refractivity contribution in [2.24, 2.45) is 0 Å². The second-order valence-electron chi connectivity index (χ2n) is 7.56. The molecule has 0 spiro atoms. The van der Waals surface area contributed by atoms with Gasteiger partial charge in [-0.15, -0.1) is 11.8 Å². The number of carbonyl (C=O) groups excluding carboxylic acids is 2. The topological polar surface area (TPSA) is 58.6 Å². The number of ether oxygens (including phenoxy) is 1. The van der Waals surface area contributed by atoms with E-state index in [9.17, 15) is 9.59 Å². The summed E-state index contributed by atoms with van der Waals surface area (Å²) in [5.41, 5.74) is 2.07. The van der Waals surface area contributed by atoms with E-state index in [1.54, 1.807) is 35.9 Å². The van der Waals surface area contributed by atoms with Crippen LogP contribution in [0.15, 0.2) is 48.5 Å². The zero-order chi connectivity index (χ0) is 23.3. The third-order valence-electron chi connectivity index (χ3n) is 5.13. The third-order valence-corrected chi connectivity index (χ3v) is 6.38. The van der Waals surface area contributed by atoms with E-state index in [4.69, 9.17) is 16.3 Å². The van der Waals surface area contributed by atoms with Crippen LogP contribution in [-0.2, 0) is 21.9 Å². The fourth-order valence-electron chi connectivity index (χ4n) is 3.27. The summed E-state index contributed by atoms with van der Waals surface area (Å²) in [5.74, 6) is 1.69. The van der Waals surface area contributed by atoms with Gasteiger partial charge in [0.1, 0.15) is 11.8 Å². The Hall–Kier alpha value is -2.18. The number of carbonyl (C=O) groups is 2. The van der Waals surface area contributed by atoms with Crippen LogP contribution in [0, 0.1) is 0 Å². The van der Waals surface area contributed by atoms with E-state index in [0.29, 0.717) is 36.0 Å². The molecule has 2 amide bonds. The number of halogens is 1. The van der Waals surface area contributed by atoms with Gasteiger partial charge in [-0.1, -0.05) is 56.1 Å². The van der Waals surface area contributed by atoms with Crippen LogP contribution in [0.2, 0.25) is 5.02 Å². The number of unbranched alkanes of at least 4 members (excludes halogenated alkanes) is 1. The lowest BCUT2D eigenvalue weighted by Gasteiger charge is -2.30. The highest BCUT2D eigenvalue weighted by Gasteiger charge is 2.28. The van der Waals surface area contributed by atoms with Crippen molar-refractivity contribution < 1.29 is 14.3 Å². The Kier molecular flexibility index (Phi) is 11.5. The molecule has 2 aromatic rings. The van der Waals surface area contributed by atoms with E-state index in [-0.39, 0.29) is 11.8 Å². The second kappa shape index (κ2) is 14.1. The predicted molar refractivity (Wildman–Crippen MR) is 133 cm³/mol. The van der Waals surface area contributed by atoms with Crippen LogP contribution in [0.3, 0.4) is 0 Å². The van der Waals surface area contributed by atoms with Crippen molar-refractivity contribution in [1.82, 2.24) is 10.2 Å². The molecule has 0 fully saturated rings. The minimum absolute atomic E-state index is 0.0454. The van der Waals surface area contributed by atoms with E-state index in [1.807, 2.05) is 43.3 Å². The van der Waals surface area contributed by atoms with E-state index < -0.39 is 6.04 Å². The van der Waals surface area contributed by atoms with E-state index in [0.717, 1.165) is 29.7 Å². The molecule has 0 bridgehead atoms. The quantitative estimate of drug-likeness (QED) is 0.398. The van der Waals surface area contributed by atoms with E-state index >= 15 is 0 Å². The lowest BCUT2D eigenvalue weighted by atomic mass is 10.1. The first-order chi connectivity index (χ1) is 15.5. The Bertz CT molecular complexity index is 843. The van der Waals surface area contributed by atoms with Gasteiger partial charge in [0.2, 0.25) is 11.8 Å². The van der Waals surface area contributed by atoms with Gasteiger partial charge in [-0.05, 0) is 48.2 Å². The number of nitrogens with zero attached hydrogens (tertiary/aromatic N) is 1. The smallest absolute Gasteiger partial charge is 0.242 e. The molecular weight excluding hydrogens is 444 g/mol. The van der Waals surface area contributed by atoms with Crippen molar-refractivity contribution in [1.29, 1.82) is 0 Å². The van der Waals surface area contributed by atoms with Gasteiger partial charge in [-0.3, -0.25) is 9.59 Å². The Morgan fingerprint density at radius 1 is 1.06 bits per heavy atom. The first kappa shape index (κ1) is 26.1. The Morgan fingerprint density at radius 3 is 2.31 bits per heavy atom. The summed E-state index contributed by atoms with van der Waals surface area (Å²) in [5, 5.41) is 3.63. The number of thioether (sulfide) groups is 1. The summed E-state index contributed by atoms with van der Waals surface area (Å²) in [6, 6.07) is 14.7. The molecule has 0 saturated carbocycles. The zero-order valence-electron chi connectivity index (χ0n) is 19.1. The van der Waals surface area contributed by atoms with Crippen LogP contribution in [0.5, 0.6) is 5.75 Å². The third kappa shape index (κ3) is 8.40. The molecule has 2 aromatic carbocycles. The Balaban J connectivity index is 2.07. The number of hydrogen-bond acceptors (Lipinski definition) is 4. The summed E-state index contributed by atoms with van der Waals surface area (Å²) in [6.07, 6.45) is 2.48. The molecule has 7 heteroatoms. The molecule has 5 nitrogen and oxygen atoms in total. The molecule has 1 unspecified atom stereocenters. The highest BCUT2D eigenvalue weighted by atomic mass is 35.5. The molecule has 0 aromatic heterocycles. The van der Waals surface area contributed by atoms with Gasteiger partial charge in [0, 0.05) is 23.9 Å². The lowest BCUT2D eigenvalue weighted by Crippen LogP contribution is -2.49. The van der Waals surface area contributed by atoms with Gasteiger partial charge in [0.25, 0.3) is 0 Å². The molecule has 0 radical (unpaired) electrons.